The van der Waals surface area contributed by atoms with Gasteiger partial charge in [-0.05, 0) is 62.4 Å². The number of halogens is 5. The molecule has 0 unspecified atom stereocenters. The highest BCUT2D eigenvalue weighted by Crippen LogP contribution is 2.38. The second kappa shape index (κ2) is 11.6. The Morgan fingerprint density at radius 3 is 2.21 bits per heavy atom. The number of carbonyl (C=O) groups excluding carboxylic acids is 2. The first-order valence-corrected chi connectivity index (χ1v) is 13.2. The third-order valence-electron chi connectivity index (χ3n) is 5.19. The number of rotatable bonds is 8. The smallest absolute Gasteiger partial charge is 0.417 e. The van der Waals surface area contributed by atoms with Crippen LogP contribution in [0.4, 0.5) is 24.5 Å². The van der Waals surface area contributed by atoms with Crippen molar-refractivity contribution in [3.8, 4) is 0 Å². The monoisotopic (exact) mass is 588 g/mol. The number of carbonyl (C=O) groups is 2. The number of ether oxygens (including phenoxy) is 1. The molecule has 1 N–H and O–H groups in total. The van der Waals surface area contributed by atoms with Crippen LogP contribution in [0.1, 0.15) is 28.4 Å². The summed E-state index contributed by atoms with van der Waals surface area (Å²) >= 11 is 11.9. The first-order chi connectivity index (χ1) is 17.7. The molecule has 1 amide bonds. The zero-order chi connectivity index (χ0) is 28.3. The van der Waals surface area contributed by atoms with Gasteiger partial charge >= 0.3 is 12.1 Å². The van der Waals surface area contributed by atoms with E-state index in [4.69, 9.17) is 27.9 Å². The third kappa shape index (κ3) is 6.77. The van der Waals surface area contributed by atoms with Crippen LogP contribution >= 0.6 is 23.2 Å². The predicted molar refractivity (Wildman–Crippen MR) is 138 cm³/mol. The number of hydrogen-bond donors (Lipinski definition) is 1. The Morgan fingerprint density at radius 2 is 1.63 bits per heavy atom. The van der Waals surface area contributed by atoms with Crippen molar-refractivity contribution in [3.05, 3.63) is 87.4 Å². The summed E-state index contributed by atoms with van der Waals surface area (Å²) in [4.78, 5) is 24.6. The second-order valence-corrected chi connectivity index (χ2v) is 10.6. The van der Waals surface area contributed by atoms with Gasteiger partial charge < -0.3 is 10.1 Å². The molecular weight excluding hydrogens is 568 g/mol. The molecule has 3 rings (SSSR count). The van der Waals surface area contributed by atoms with E-state index >= 15 is 0 Å². The SMILES string of the molecule is CCOC(=O)c1ccc(NC(=O)CN(c2ccc(Cl)c(C(F)(F)F)c2)S(=O)(=O)c2ccc(C)cc2)c(Cl)c1. The number of anilines is 2. The Balaban J connectivity index is 1.99. The van der Waals surface area contributed by atoms with Crippen molar-refractivity contribution in [3.63, 3.8) is 0 Å². The number of hydrogen-bond acceptors (Lipinski definition) is 5. The first-order valence-electron chi connectivity index (χ1n) is 11.0. The van der Waals surface area contributed by atoms with Crippen LogP contribution in [0.2, 0.25) is 10.0 Å². The number of nitrogens with one attached hydrogen (secondary N) is 1. The van der Waals surface area contributed by atoms with E-state index in [1.54, 1.807) is 13.8 Å². The van der Waals surface area contributed by atoms with Gasteiger partial charge in [-0.25, -0.2) is 13.2 Å². The summed E-state index contributed by atoms with van der Waals surface area (Å²) in [6.45, 7) is 2.60. The van der Waals surface area contributed by atoms with Crippen molar-refractivity contribution >= 4 is 56.5 Å². The lowest BCUT2D eigenvalue weighted by Crippen LogP contribution is -2.38. The zero-order valence-electron chi connectivity index (χ0n) is 20.0. The van der Waals surface area contributed by atoms with E-state index in [0.29, 0.717) is 10.4 Å². The maximum atomic E-state index is 13.5. The Hall–Kier alpha value is -3.28. The lowest BCUT2D eigenvalue weighted by Gasteiger charge is -2.25. The van der Waals surface area contributed by atoms with Crippen LogP contribution in [0.15, 0.2) is 65.6 Å². The fourth-order valence-corrected chi connectivity index (χ4v) is 5.18. The van der Waals surface area contributed by atoms with E-state index in [1.165, 1.54) is 42.5 Å². The molecule has 202 valence electrons. The first kappa shape index (κ1) is 29.3. The Labute approximate surface area is 227 Å². The minimum atomic E-state index is -4.87. The van der Waals surface area contributed by atoms with E-state index in [1.807, 2.05) is 0 Å². The molecule has 3 aromatic rings. The average Bonchev–Trinajstić information content (AvgIpc) is 2.84. The fourth-order valence-electron chi connectivity index (χ4n) is 3.32. The molecular formula is C25H21Cl2F3N2O5S. The molecule has 13 heteroatoms. The predicted octanol–water partition coefficient (Wildman–Crippen LogP) is 6.33. The van der Waals surface area contributed by atoms with Crippen molar-refractivity contribution < 1.29 is 35.9 Å². The van der Waals surface area contributed by atoms with Crippen LogP contribution in [0.5, 0.6) is 0 Å². The highest BCUT2D eigenvalue weighted by Gasteiger charge is 2.35. The van der Waals surface area contributed by atoms with Crippen molar-refractivity contribution in [2.45, 2.75) is 24.9 Å². The van der Waals surface area contributed by atoms with Crippen LogP contribution in [-0.2, 0) is 25.7 Å². The summed E-state index contributed by atoms with van der Waals surface area (Å²) < 4.78 is 72.9. The van der Waals surface area contributed by atoms with Gasteiger partial charge in [-0.15, -0.1) is 0 Å². The van der Waals surface area contributed by atoms with Crippen molar-refractivity contribution in [2.24, 2.45) is 0 Å². The molecule has 0 aromatic heterocycles. The Morgan fingerprint density at radius 1 is 0.974 bits per heavy atom. The number of sulfonamides is 1. The number of benzene rings is 3. The molecule has 0 saturated heterocycles. The van der Waals surface area contributed by atoms with Crippen LogP contribution in [0.3, 0.4) is 0 Å². The van der Waals surface area contributed by atoms with Crippen molar-refractivity contribution in [1.29, 1.82) is 0 Å². The normalized spacial score (nSPS) is 11.7. The molecule has 0 radical (unpaired) electrons. The van der Waals surface area contributed by atoms with Gasteiger partial charge in [0.15, 0.2) is 0 Å². The molecule has 0 saturated carbocycles. The molecule has 0 aliphatic carbocycles. The Kier molecular flexibility index (Phi) is 8.96. The highest BCUT2D eigenvalue weighted by molar-refractivity contribution is 7.92. The lowest BCUT2D eigenvalue weighted by molar-refractivity contribution is -0.137. The van der Waals surface area contributed by atoms with Crippen molar-refractivity contribution in [2.75, 3.05) is 22.8 Å². The van der Waals surface area contributed by atoms with Crippen LogP contribution < -0.4 is 9.62 Å². The summed E-state index contributed by atoms with van der Waals surface area (Å²) in [5.41, 5.74) is -0.774. The van der Waals surface area contributed by atoms with Gasteiger partial charge in [0, 0.05) is 0 Å². The summed E-state index contributed by atoms with van der Waals surface area (Å²) in [5, 5.41) is 1.75. The number of aryl methyl sites for hydroxylation is 1. The largest absolute Gasteiger partial charge is 0.462 e. The molecule has 0 aliphatic rings. The van der Waals surface area contributed by atoms with Crippen molar-refractivity contribution in [1.82, 2.24) is 0 Å². The van der Waals surface area contributed by atoms with Crippen LogP contribution in [0, 0.1) is 6.92 Å². The maximum Gasteiger partial charge on any atom is 0.417 e. The number of amides is 1. The number of esters is 1. The summed E-state index contributed by atoms with van der Waals surface area (Å²) in [6, 6.07) is 12.0. The molecule has 38 heavy (non-hydrogen) atoms. The second-order valence-electron chi connectivity index (χ2n) is 7.95. The van der Waals surface area contributed by atoms with Gasteiger partial charge in [0.25, 0.3) is 10.0 Å². The van der Waals surface area contributed by atoms with Gasteiger partial charge in [-0.1, -0.05) is 40.9 Å². The molecule has 0 aliphatic heterocycles. The molecule has 7 nitrogen and oxygen atoms in total. The molecule has 0 heterocycles. The molecule has 3 aromatic carbocycles. The molecule has 0 atom stereocenters. The van der Waals surface area contributed by atoms with Gasteiger partial charge in [0.1, 0.15) is 6.54 Å². The van der Waals surface area contributed by atoms with E-state index in [2.05, 4.69) is 5.32 Å². The fraction of sp³-hybridized carbons (Fsp3) is 0.200. The third-order valence-corrected chi connectivity index (χ3v) is 7.62. The summed E-state index contributed by atoms with van der Waals surface area (Å²) in [6.07, 6.45) is -4.87. The van der Waals surface area contributed by atoms with Gasteiger partial charge in [0.2, 0.25) is 5.91 Å². The van der Waals surface area contributed by atoms with Gasteiger partial charge in [-0.3, -0.25) is 9.10 Å². The zero-order valence-corrected chi connectivity index (χ0v) is 22.3. The van der Waals surface area contributed by atoms with Gasteiger partial charge in [0.05, 0.1) is 44.0 Å². The minimum absolute atomic E-state index is 0.0392. The minimum Gasteiger partial charge on any atom is -0.462 e. The summed E-state index contributed by atoms with van der Waals surface area (Å²) in [7, 11) is -4.50. The van der Waals surface area contributed by atoms with Crippen LogP contribution in [0.25, 0.3) is 0 Å². The maximum absolute atomic E-state index is 13.5. The van der Waals surface area contributed by atoms with E-state index in [0.717, 1.165) is 17.7 Å². The molecule has 0 bridgehead atoms. The standard InChI is InChI=1S/C25H21Cl2F3N2O5S/c1-3-37-24(34)16-6-11-22(21(27)12-16)31-23(33)14-32(38(35,36)18-8-4-15(2)5-9-18)17-7-10-20(26)19(13-17)25(28,29)30/h4-13H,3,14H2,1-2H3,(H,31,33). The Bertz CT molecular complexity index is 1460. The highest BCUT2D eigenvalue weighted by atomic mass is 35.5. The number of nitrogens with zero attached hydrogens (tertiary/aromatic N) is 1. The lowest BCUT2D eigenvalue weighted by atomic mass is 10.2. The average molecular weight is 589 g/mol. The van der Waals surface area contributed by atoms with E-state index < -0.39 is 50.9 Å². The van der Waals surface area contributed by atoms with Gasteiger partial charge in [-0.2, -0.15) is 13.2 Å². The topological polar surface area (TPSA) is 92.8 Å². The summed E-state index contributed by atoms with van der Waals surface area (Å²) in [5.74, 6) is -1.54. The van der Waals surface area contributed by atoms with Crippen LogP contribution in [-0.4, -0.2) is 33.4 Å². The molecule has 0 fully saturated rings. The molecule has 0 spiro atoms. The van der Waals surface area contributed by atoms with E-state index in [9.17, 15) is 31.2 Å². The quantitative estimate of drug-likeness (QED) is 0.310. The number of alkyl halides is 3. The van der Waals surface area contributed by atoms with E-state index in [-0.39, 0.29) is 27.8 Å².